The Bertz CT molecular complexity index is 1080. The third-order valence-electron chi connectivity index (χ3n) is 4.44. The van der Waals surface area contributed by atoms with Crippen LogP contribution >= 0.6 is 0 Å². The molecule has 1 aromatic heterocycles. The van der Waals surface area contributed by atoms with E-state index in [0.717, 1.165) is 11.1 Å². The molecule has 144 valence electrons. The van der Waals surface area contributed by atoms with Crippen LogP contribution in [-0.4, -0.2) is 23.9 Å². The van der Waals surface area contributed by atoms with Crippen LogP contribution in [0.2, 0.25) is 0 Å². The van der Waals surface area contributed by atoms with E-state index in [4.69, 9.17) is 9.47 Å². The summed E-state index contributed by atoms with van der Waals surface area (Å²) in [4.78, 5) is 30.7. The molecule has 0 bridgehead atoms. The summed E-state index contributed by atoms with van der Waals surface area (Å²) < 4.78 is 11.0. The van der Waals surface area contributed by atoms with Crippen LogP contribution in [-0.2, 0) is 16.1 Å². The van der Waals surface area contributed by atoms with Gasteiger partial charge in [0.25, 0.3) is 5.91 Å². The number of fused-ring (bicyclic) bond motifs is 1. The van der Waals surface area contributed by atoms with Gasteiger partial charge in [-0.25, -0.2) is 9.78 Å². The van der Waals surface area contributed by atoms with Crippen molar-refractivity contribution in [1.82, 2.24) is 4.98 Å². The number of ether oxygens (including phenoxy) is 2. The van der Waals surface area contributed by atoms with Crippen molar-refractivity contribution < 1.29 is 19.1 Å². The smallest absolute Gasteiger partial charge is 0.357 e. The SMILES string of the molecule is CN1C(=O)/C(=C\c2ccccc2)Oc2nc(C(=O)OCc3ccccc3)ccc21. The number of pyridine rings is 1. The van der Waals surface area contributed by atoms with Gasteiger partial charge in [-0.1, -0.05) is 60.7 Å². The number of benzene rings is 2. The maximum absolute atomic E-state index is 12.6. The van der Waals surface area contributed by atoms with Gasteiger partial charge in [-0.3, -0.25) is 4.79 Å². The normalized spacial score (nSPS) is 14.3. The van der Waals surface area contributed by atoms with E-state index in [1.165, 1.54) is 11.0 Å². The van der Waals surface area contributed by atoms with Gasteiger partial charge in [-0.15, -0.1) is 0 Å². The molecule has 2 aromatic carbocycles. The van der Waals surface area contributed by atoms with Crippen LogP contribution in [0.5, 0.6) is 5.88 Å². The number of aromatic nitrogens is 1. The van der Waals surface area contributed by atoms with Crippen molar-refractivity contribution in [2.75, 3.05) is 11.9 Å². The zero-order chi connectivity index (χ0) is 20.2. The topological polar surface area (TPSA) is 68.7 Å². The third kappa shape index (κ3) is 4.01. The summed E-state index contributed by atoms with van der Waals surface area (Å²) in [5.41, 5.74) is 2.31. The summed E-state index contributed by atoms with van der Waals surface area (Å²) in [6, 6.07) is 21.9. The molecule has 1 amide bonds. The lowest BCUT2D eigenvalue weighted by Gasteiger charge is -2.26. The lowest BCUT2D eigenvalue weighted by molar-refractivity contribution is -0.117. The molecule has 0 spiro atoms. The zero-order valence-corrected chi connectivity index (χ0v) is 15.7. The molecule has 0 aliphatic carbocycles. The number of amides is 1. The summed E-state index contributed by atoms with van der Waals surface area (Å²) in [6.07, 6.45) is 1.64. The second kappa shape index (κ2) is 7.98. The molecular weight excluding hydrogens is 368 g/mol. The minimum atomic E-state index is -0.562. The first kappa shape index (κ1) is 18.4. The average Bonchev–Trinajstić information content (AvgIpc) is 2.76. The molecule has 0 fully saturated rings. The van der Waals surface area contributed by atoms with Crippen LogP contribution in [0.3, 0.4) is 0 Å². The van der Waals surface area contributed by atoms with Crippen molar-refractivity contribution in [1.29, 1.82) is 0 Å². The summed E-state index contributed by atoms with van der Waals surface area (Å²) in [5, 5.41) is 0. The minimum Gasteiger partial charge on any atom is -0.456 e. The van der Waals surface area contributed by atoms with Crippen LogP contribution in [0.1, 0.15) is 21.6 Å². The molecule has 0 radical (unpaired) electrons. The maximum atomic E-state index is 12.6. The van der Waals surface area contributed by atoms with Crippen LogP contribution in [0.15, 0.2) is 78.6 Å². The molecule has 4 rings (SSSR count). The number of carbonyl (C=O) groups is 2. The van der Waals surface area contributed by atoms with E-state index in [1.54, 1.807) is 19.2 Å². The third-order valence-corrected chi connectivity index (χ3v) is 4.44. The number of hydrogen-bond donors (Lipinski definition) is 0. The largest absolute Gasteiger partial charge is 0.456 e. The zero-order valence-electron chi connectivity index (χ0n) is 15.7. The molecule has 0 saturated carbocycles. The number of carbonyl (C=O) groups excluding carboxylic acids is 2. The second-order valence-electron chi connectivity index (χ2n) is 6.47. The molecule has 2 heterocycles. The van der Waals surface area contributed by atoms with E-state index in [9.17, 15) is 9.59 Å². The van der Waals surface area contributed by atoms with E-state index in [0.29, 0.717) is 5.69 Å². The maximum Gasteiger partial charge on any atom is 0.357 e. The van der Waals surface area contributed by atoms with Crippen LogP contribution in [0, 0.1) is 0 Å². The van der Waals surface area contributed by atoms with E-state index >= 15 is 0 Å². The Morgan fingerprint density at radius 1 is 1.03 bits per heavy atom. The Balaban J connectivity index is 1.56. The number of likely N-dealkylation sites (N-methyl/N-ethyl adjacent to an activating group) is 1. The van der Waals surface area contributed by atoms with Crippen molar-refractivity contribution in [3.8, 4) is 5.88 Å². The van der Waals surface area contributed by atoms with Crippen molar-refractivity contribution in [2.24, 2.45) is 0 Å². The van der Waals surface area contributed by atoms with Gasteiger partial charge in [0, 0.05) is 7.05 Å². The molecule has 0 N–H and O–H groups in total. The van der Waals surface area contributed by atoms with Gasteiger partial charge in [-0.05, 0) is 29.3 Å². The molecular formula is C23H18N2O4. The molecule has 0 saturated heterocycles. The average molecular weight is 386 g/mol. The van der Waals surface area contributed by atoms with E-state index in [1.807, 2.05) is 60.7 Å². The first-order chi connectivity index (χ1) is 14.1. The van der Waals surface area contributed by atoms with Gasteiger partial charge in [0.15, 0.2) is 11.5 Å². The fourth-order valence-corrected chi connectivity index (χ4v) is 2.89. The number of anilines is 1. The number of hydrogen-bond acceptors (Lipinski definition) is 5. The van der Waals surface area contributed by atoms with Crippen molar-refractivity contribution in [3.63, 3.8) is 0 Å². The quantitative estimate of drug-likeness (QED) is 0.503. The van der Waals surface area contributed by atoms with Gasteiger partial charge in [0.2, 0.25) is 5.88 Å². The summed E-state index contributed by atoms with van der Waals surface area (Å²) in [5.74, 6) is -0.534. The minimum absolute atomic E-state index is 0.112. The fraction of sp³-hybridized carbons (Fsp3) is 0.0870. The highest BCUT2D eigenvalue weighted by Gasteiger charge is 2.29. The lowest BCUT2D eigenvalue weighted by atomic mass is 10.2. The van der Waals surface area contributed by atoms with E-state index in [2.05, 4.69) is 4.98 Å². The van der Waals surface area contributed by atoms with Gasteiger partial charge < -0.3 is 14.4 Å². The summed E-state index contributed by atoms with van der Waals surface area (Å²) in [7, 11) is 1.64. The highest BCUT2D eigenvalue weighted by molar-refractivity contribution is 6.09. The van der Waals surface area contributed by atoms with Gasteiger partial charge in [-0.2, -0.15) is 0 Å². The number of rotatable bonds is 4. The molecule has 3 aromatic rings. The van der Waals surface area contributed by atoms with E-state index in [-0.39, 0.29) is 29.8 Å². The predicted molar refractivity (Wildman–Crippen MR) is 108 cm³/mol. The Hall–Kier alpha value is -3.93. The van der Waals surface area contributed by atoms with Crippen LogP contribution < -0.4 is 9.64 Å². The highest BCUT2D eigenvalue weighted by Crippen LogP contribution is 2.33. The molecule has 0 atom stereocenters. The van der Waals surface area contributed by atoms with Gasteiger partial charge >= 0.3 is 5.97 Å². The Morgan fingerprint density at radius 3 is 2.45 bits per heavy atom. The van der Waals surface area contributed by atoms with Crippen LogP contribution in [0.25, 0.3) is 6.08 Å². The molecule has 1 aliphatic rings. The Morgan fingerprint density at radius 2 is 1.72 bits per heavy atom. The van der Waals surface area contributed by atoms with Crippen molar-refractivity contribution in [2.45, 2.75) is 6.61 Å². The summed E-state index contributed by atoms with van der Waals surface area (Å²) >= 11 is 0. The second-order valence-corrected chi connectivity index (χ2v) is 6.47. The number of esters is 1. The van der Waals surface area contributed by atoms with Crippen molar-refractivity contribution in [3.05, 3.63) is 95.4 Å². The fourth-order valence-electron chi connectivity index (χ4n) is 2.89. The molecule has 1 aliphatic heterocycles. The van der Waals surface area contributed by atoms with E-state index < -0.39 is 5.97 Å². The highest BCUT2D eigenvalue weighted by atomic mass is 16.5. The molecule has 0 unspecified atom stereocenters. The lowest BCUT2D eigenvalue weighted by Crippen LogP contribution is -2.34. The monoisotopic (exact) mass is 386 g/mol. The first-order valence-corrected chi connectivity index (χ1v) is 9.06. The Kier molecular flexibility index (Phi) is 5.07. The van der Waals surface area contributed by atoms with Crippen LogP contribution in [0.4, 0.5) is 5.69 Å². The molecule has 6 heteroatoms. The summed E-state index contributed by atoms with van der Waals surface area (Å²) in [6.45, 7) is 0.150. The molecule has 29 heavy (non-hydrogen) atoms. The van der Waals surface area contributed by atoms with Crippen molar-refractivity contribution >= 4 is 23.6 Å². The molecule has 6 nitrogen and oxygen atoms in total. The number of nitrogens with zero attached hydrogens (tertiary/aromatic N) is 2. The Labute approximate surface area is 168 Å². The first-order valence-electron chi connectivity index (χ1n) is 9.06. The standard InChI is InChI=1S/C23H18N2O4/c1-25-19-13-12-18(23(27)28-15-17-10-6-3-7-11-17)24-21(19)29-20(22(25)26)14-16-8-4-2-5-9-16/h2-14H,15H2,1H3/b20-14+. The van der Waals surface area contributed by atoms with Gasteiger partial charge in [0.1, 0.15) is 12.3 Å². The van der Waals surface area contributed by atoms with Gasteiger partial charge in [0.05, 0.1) is 0 Å². The predicted octanol–water partition coefficient (Wildman–Crippen LogP) is 3.83.